The second-order valence-corrected chi connectivity index (χ2v) is 16.3. The average molecular weight is 833 g/mol. The number of nitrogens with zero attached hydrogens (tertiary/aromatic N) is 6. The summed E-state index contributed by atoms with van der Waals surface area (Å²) < 4.78 is 10.9. The number of para-hydroxylation sites is 2. The number of rotatable bonds is 7. The summed E-state index contributed by atoms with van der Waals surface area (Å²) in [5.74, 6) is 2.16. The van der Waals surface area contributed by atoms with Gasteiger partial charge in [0.1, 0.15) is 5.52 Å². The summed E-state index contributed by atoms with van der Waals surface area (Å²) in [5.41, 5.74) is 13.8. The lowest BCUT2D eigenvalue weighted by atomic mass is 10.0. The van der Waals surface area contributed by atoms with Crippen LogP contribution in [0.3, 0.4) is 0 Å². The van der Waals surface area contributed by atoms with E-state index in [0.29, 0.717) is 29.1 Å². The maximum absolute atomic E-state index is 6.24. The standard InChI is InChI=1S/C58H36N6O/c1-4-15-37(16-5-1)39-27-29-40(30-28-39)55-60-56(43-31-34-52-49(36-43)59-57(65-52)41-19-8-3-9-20-41)62-58(61-55)64-51-26-13-11-24-46(51)48-33-32-47-45-23-10-12-25-50(45)63(53(47)54(48)64)44-22-14-21-42(35-44)38-17-6-2-7-18-38/h1-36H. The van der Waals surface area contributed by atoms with E-state index in [1.165, 1.54) is 0 Å². The molecule has 4 heterocycles. The van der Waals surface area contributed by atoms with Gasteiger partial charge in [0.15, 0.2) is 17.2 Å². The van der Waals surface area contributed by atoms with Gasteiger partial charge in [-0.15, -0.1) is 0 Å². The van der Waals surface area contributed by atoms with Crippen molar-refractivity contribution in [3.8, 4) is 68.1 Å². The molecular weight excluding hydrogens is 797 g/mol. The highest BCUT2D eigenvalue weighted by Gasteiger charge is 2.24. The predicted molar refractivity (Wildman–Crippen MR) is 263 cm³/mol. The van der Waals surface area contributed by atoms with Crippen LogP contribution < -0.4 is 0 Å². The second kappa shape index (κ2) is 14.9. The zero-order valence-electron chi connectivity index (χ0n) is 34.9. The van der Waals surface area contributed by atoms with Gasteiger partial charge >= 0.3 is 0 Å². The van der Waals surface area contributed by atoms with Crippen LogP contribution in [-0.2, 0) is 0 Å². The third-order valence-corrected chi connectivity index (χ3v) is 12.4. The zero-order valence-corrected chi connectivity index (χ0v) is 34.9. The lowest BCUT2D eigenvalue weighted by Gasteiger charge is -2.14. The number of oxazole rings is 1. The summed E-state index contributed by atoms with van der Waals surface area (Å²) in [5, 5.41) is 4.51. The molecule has 0 radical (unpaired) electrons. The fourth-order valence-corrected chi connectivity index (χ4v) is 9.37. The molecule has 0 N–H and O–H groups in total. The fraction of sp³-hybridized carbons (Fsp3) is 0. The smallest absolute Gasteiger partial charge is 0.238 e. The summed E-state index contributed by atoms with van der Waals surface area (Å²) in [4.78, 5) is 20.9. The summed E-state index contributed by atoms with van der Waals surface area (Å²) in [6, 6.07) is 75.9. The molecule has 0 unspecified atom stereocenters. The Bertz CT molecular complexity index is 3930. The number of hydrogen-bond acceptors (Lipinski definition) is 5. The Morgan fingerprint density at radius 1 is 0.323 bits per heavy atom. The first-order chi connectivity index (χ1) is 32.2. The highest BCUT2D eigenvalue weighted by Crippen LogP contribution is 2.42. The van der Waals surface area contributed by atoms with Crippen LogP contribution in [0.1, 0.15) is 0 Å². The van der Waals surface area contributed by atoms with E-state index in [0.717, 1.165) is 93.8 Å². The summed E-state index contributed by atoms with van der Waals surface area (Å²) in [7, 11) is 0. The molecule has 65 heavy (non-hydrogen) atoms. The van der Waals surface area contributed by atoms with E-state index < -0.39 is 0 Å². The van der Waals surface area contributed by atoms with Crippen LogP contribution in [0.2, 0.25) is 0 Å². The van der Waals surface area contributed by atoms with Crippen LogP contribution >= 0.6 is 0 Å². The van der Waals surface area contributed by atoms with Gasteiger partial charge in [-0.05, 0) is 76.9 Å². The first kappa shape index (κ1) is 36.7. The Morgan fingerprint density at radius 2 is 0.831 bits per heavy atom. The van der Waals surface area contributed by atoms with Crippen molar-refractivity contribution < 1.29 is 4.42 Å². The molecule has 13 aromatic rings. The van der Waals surface area contributed by atoms with E-state index in [2.05, 4.69) is 173 Å². The van der Waals surface area contributed by atoms with Crippen LogP contribution in [0.15, 0.2) is 223 Å². The molecule has 13 rings (SSSR count). The summed E-state index contributed by atoms with van der Waals surface area (Å²) >= 11 is 0. The second-order valence-electron chi connectivity index (χ2n) is 16.3. The van der Waals surface area contributed by atoms with E-state index in [1.807, 2.05) is 54.6 Å². The molecule has 7 heteroatoms. The number of fused-ring (bicyclic) bond motifs is 8. The lowest BCUT2D eigenvalue weighted by Crippen LogP contribution is -2.07. The Kier molecular flexibility index (Phi) is 8.39. The minimum absolute atomic E-state index is 0.510. The maximum Gasteiger partial charge on any atom is 0.238 e. The molecule has 0 bridgehead atoms. The molecule has 0 aliphatic carbocycles. The molecule has 0 saturated carbocycles. The van der Waals surface area contributed by atoms with Gasteiger partial charge in [-0.3, -0.25) is 4.57 Å². The Balaban J connectivity index is 1.09. The Morgan fingerprint density at radius 3 is 1.51 bits per heavy atom. The van der Waals surface area contributed by atoms with Crippen molar-refractivity contribution in [3.05, 3.63) is 218 Å². The van der Waals surface area contributed by atoms with Crippen LogP contribution in [-0.4, -0.2) is 29.1 Å². The first-order valence-electron chi connectivity index (χ1n) is 21.7. The minimum atomic E-state index is 0.510. The number of aromatic nitrogens is 6. The maximum atomic E-state index is 6.24. The van der Waals surface area contributed by atoms with E-state index in [4.69, 9.17) is 24.4 Å². The normalized spacial score (nSPS) is 11.7. The molecule has 0 saturated heterocycles. The van der Waals surface area contributed by atoms with Gasteiger partial charge in [0.2, 0.25) is 11.8 Å². The van der Waals surface area contributed by atoms with Crippen molar-refractivity contribution in [2.24, 2.45) is 0 Å². The first-order valence-corrected chi connectivity index (χ1v) is 21.7. The van der Waals surface area contributed by atoms with Crippen LogP contribution in [0.25, 0.3) is 123 Å². The third kappa shape index (κ3) is 6.13. The van der Waals surface area contributed by atoms with E-state index >= 15 is 0 Å². The molecule has 0 aliphatic heterocycles. The van der Waals surface area contributed by atoms with Gasteiger partial charge in [0.05, 0.1) is 22.1 Å². The van der Waals surface area contributed by atoms with Crippen LogP contribution in [0.5, 0.6) is 0 Å². The molecule has 0 atom stereocenters. The Hall–Kier alpha value is -8.94. The molecular formula is C58H36N6O. The molecule has 0 spiro atoms. The fourth-order valence-electron chi connectivity index (χ4n) is 9.37. The molecule has 9 aromatic carbocycles. The van der Waals surface area contributed by atoms with Gasteiger partial charge in [-0.1, -0.05) is 164 Å². The molecule has 0 aliphatic rings. The summed E-state index contributed by atoms with van der Waals surface area (Å²) in [6.45, 7) is 0. The summed E-state index contributed by atoms with van der Waals surface area (Å²) in [6.07, 6.45) is 0. The van der Waals surface area contributed by atoms with Crippen molar-refractivity contribution >= 4 is 54.7 Å². The number of benzene rings is 9. The average Bonchev–Trinajstić information content (AvgIpc) is 4.07. The predicted octanol–water partition coefficient (Wildman–Crippen LogP) is 14.5. The van der Waals surface area contributed by atoms with Crippen molar-refractivity contribution in [2.45, 2.75) is 0 Å². The van der Waals surface area contributed by atoms with E-state index in [-0.39, 0.29) is 0 Å². The quantitative estimate of drug-likeness (QED) is 0.160. The third-order valence-electron chi connectivity index (χ3n) is 12.4. The monoisotopic (exact) mass is 832 g/mol. The minimum Gasteiger partial charge on any atom is -0.436 e. The molecule has 304 valence electrons. The van der Waals surface area contributed by atoms with Crippen molar-refractivity contribution in [3.63, 3.8) is 0 Å². The van der Waals surface area contributed by atoms with Crippen LogP contribution in [0, 0.1) is 0 Å². The van der Waals surface area contributed by atoms with Crippen molar-refractivity contribution in [1.29, 1.82) is 0 Å². The topological polar surface area (TPSA) is 74.6 Å². The lowest BCUT2D eigenvalue weighted by molar-refractivity contribution is 0.620. The highest BCUT2D eigenvalue weighted by atomic mass is 16.3. The van der Waals surface area contributed by atoms with Gasteiger partial charge in [0, 0.05) is 43.9 Å². The largest absolute Gasteiger partial charge is 0.436 e. The van der Waals surface area contributed by atoms with E-state index in [1.54, 1.807) is 0 Å². The molecule has 0 fully saturated rings. The zero-order chi connectivity index (χ0) is 42.8. The van der Waals surface area contributed by atoms with Gasteiger partial charge in [-0.25, -0.2) is 9.97 Å². The van der Waals surface area contributed by atoms with Gasteiger partial charge < -0.3 is 8.98 Å². The van der Waals surface area contributed by atoms with Crippen molar-refractivity contribution in [1.82, 2.24) is 29.1 Å². The van der Waals surface area contributed by atoms with Crippen molar-refractivity contribution in [2.75, 3.05) is 0 Å². The Labute approximate surface area is 373 Å². The highest BCUT2D eigenvalue weighted by molar-refractivity contribution is 6.23. The SMILES string of the molecule is c1ccc(-c2ccc(-c3nc(-c4ccc5oc(-c6ccccc6)nc5c4)nc(-n4c5ccccc5c5ccc6c7ccccc7n(-c7cccc(-c8ccccc8)c7)c6c54)n3)cc2)cc1. The molecule has 4 aromatic heterocycles. The van der Waals surface area contributed by atoms with Crippen LogP contribution in [0.4, 0.5) is 0 Å². The number of hydrogen-bond donors (Lipinski definition) is 0. The molecule has 0 amide bonds. The van der Waals surface area contributed by atoms with Gasteiger partial charge in [0.25, 0.3) is 0 Å². The van der Waals surface area contributed by atoms with Gasteiger partial charge in [-0.2, -0.15) is 9.97 Å². The van der Waals surface area contributed by atoms with E-state index in [9.17, 15) is 0 Å². The molecule has 7 nitrogen and oxygen atoms in total.